The number of ether oxygens (including phenoxy) is 1. The van der Waals surface area contributed by atoms with Crippen molar-refractivity contribution < 1.29 is 17.9 Å². The summed E-state index contributed by atoms with van der Waals surface area (Å²) in [6, 6.07) is -1.78. The summed E-state index contributed by atoms with van der Waals surface area (Å²) in [5.41, 5.74) is 0. The second-order valence-corrected chi connectivity index (χ2v) is 1.81. The minimum Gasteiger partial charge on any atom is -0.467 e. The lowest BCUT2D eigenvalue weighted by atomic mass is 10.3. The van der Waals surface area contributed by atoms with Crippen molar-refractivity contribution in [2.75, 3.05) is 6.61 Å². The van der Waals surface area contributed by atoms with Crippen molar-refractivity contribution in [3.8, 4) is 0 Å². The standard InChI is InChI=1S/C7H9F3O/c1-2-3-4-5-11-7(10)6(8)9/h2H,1,3-5H2. The predicted molar refractivity (Wildman–Crippen MR) is 35.7 cm³/mol. The summed E-state index contributed by atoms with van der Waals surface area (Å²) in [6.45, 7) is 3.36. The normalized spacial score (nSPS) is 9.00. The zero-order valence-corrected chi connectivity index (χ0v) is 5.95. The van der Waals surface area contributed by atoms with Gasteiger partial charge in [0.05, 0.1) is 6.61 Å². The van der Waals surface area contributed by atoms with Gasteiger partial charge >= 0.3 is 12.1 Å². The molecule has 0 fully saturated rings. The Bertz CT molecular complexity index is 150. The molecular formula is C7H9F3O. The molecule has 0 aliphatic rings. The first-order chi connectivity index (χ1) is 5.18. The van der Waals surface area contributed by atoms with Crippen LogP contribution in [0, 0.1) is 0 Å². The van der Waals surface area contributed by atoms with Crippen LogP contribution < -0.4 is 0 Å². The van der Waals surface area contributed by atoms with E-state index in [1.807, 2.05) is 0 Å². The van der Waals surface area contributed by atoms with E-state index >= 15 is 0 Å². The lowest BCUT2D eigenvalue weighted by molar-refractivity contribution is 0.118. The van der Waals surface area contributed by atoms with Crippen molar-refractivity contribution in [1.82, 2.24) is 0 Å². The average Bonchev–Trinajstić information content (AvgIpc) is 1.97. The first-order valence-corrected chi connectivity index (χ1v) is 3.13. The summed E-state index contributed by atoms with van der Waals surface area (Å²) in [5.74, 6) is 0. The number of rotatable bonds is 5. The highest BCUT2D eigenvalue weighted by Crippen LogP contribution is 2.10. The molecule has 0 N–H and O–H groups in total. The molecule has 11 heavy (non-hydrogen) atoms. The highest BCUT2D eigenvalue weighted by atomic mass is 19.3. The van der Waals surface area contributed by atoms with E-state index in [9.17, 15) is 13.2 Å². The van der Waals surface area contributed by atoms with Gasteiger partial charge in [-0.2, -0.15) is 13.2 Å². The second-order valence-electron chi connectivity index (χ2n) is 1.81. The molecule has 0 spiro atoms. The van der Waals surface area contributed by atoms with Crippen LogP contribution in [0.15, 0.2) is 24.7 Å². The molecule has 64 valence electrons. The molecule has 0 bridgehead atoms. The molecular weight excluding hydrogens is 157 g/mol. The zero-order valence-electron chi connectivity index (χ0n) is 5.95. The summed E-state index contributed by atoms with van der Waals surface area (Å²) in [7, 11) is 0. The largest absolute Gasteiger partial charge is 0.467 e. The molecule has 0 aliphatic heterocycles. The van der Waals surface area contributed by atoms with Crippen LogP contribution >= 0.6 is 0 Å². The summed E-state index contributed by atoms with van der Waals surface area (Å²) in [6.07, 6.45) is 0.311. The van der Waals surface area contributed by atoms with Crippen molar-refractivity contribution in [1.29, 1.82) is 0 Å². The molecule has 0 aromatic carbocycles. The summed E-state index contributed by atoms with van der Waals surface area (Å²) < 4.78 is 38.4. The highest BCUT2D eigenvalue weighted by molar-refractivity contribution is 4.80. The number of allylic oxidation sites excluding steroid dienone is 1. The van der Waals surface area contributed by atoms with E-state index in [0.717, 1.165) is 0 Å². The fourth-order valence-electron chi connectivity index (χ4n) is 0.444. The van der Waals surface area contributed by atoms with Crippen LogP contribution in [0.3, 0.4) is 0 Å². The first-order valence-electron chi connectivity index (χ1n) is 3.13. The Balaban J connectivity index is 3.39. The highest BCUT2D eigenvalue weighted by Gasteiger charge is 2.04. The Kier molecular flexibility index (Phi) is 5.33. The number of halogens is 3. The van der Waals surface area contributed by atoms with Crippen LogP contribution in [0.5, 0.6) is 0 Å². The van der Waals surface area contributed by atoms with Gasteiger partial charge in [0.25, 0.3) is 0 Å². The Morgan fingerprint density at radius 3 is 2.45 bits per heavy atom. The van der Waals surface area contributed by atoms with Crippen molar-refractivity contribution in [3.05, 3.63) is 24.7 Å². The van der Waals surface area contributed by atoms with Gasteiger partial charge in [-0.15, -0.1) is 6.58 Å². The molecule has 0 rings (SSSR count). The van der Waals surface area contributed by atoms with Crippen molar-refractivity contribution in [2.24, 2.45) is 0 Å². The monoisotopic (exact) mass is 166 g/mol. The molecule has 0 aromatic heterocycles. The van der Waals surface area contributed by atoms with Crippen molar-refractivity contribution in [3.63, 3.8) is 0 Å². The van der Waals surface area contributed by atoms with Gasteiger partial charge < -0.3 is 4.74 Å². The van der Waals surface area contributed by atoms with Crippen LogP contribution in [0.25, 0.3) is 0 Å². The lowest BCUT2D eigenvalue weighted by Crippen LogP contribution is -1.91. The Morgan fingerprint density at radius 1 is 1.36 bits per heavy atom. The Labute approximate surface area is 63.2 Å². The minimum atomic E-state index is -2.41. The van der Waals surface area contributed by atoms with E-state index in [4.69, 9.17) is 0 Å². The van der Waals surface area contributed by atoms with Gasteiger partial charge in [-0.25, -0.2) is 0 Å². The minimum absolute atomic E-state index is 0.0464. The maximum Gasteiger partial charge on any atom is 0.342 e. The summed E-state index contributed by atoms with van der Waals surface area (Å²) in [5, 5.41) is 0. The number of hydrogen-bond acceptors (Lipinski definition) is 1. The molecule has 4 heteroatoms. The molecule has 1 nitrogen and oxygen atoms in total. The SMILES string of the molecule is C=CCCCOC(F)=C(F)F. The van der Waals surface area contributed by atoms with E-state index in [2.05, 4.69) is 11.3 Å². The quantitative estimate of drug-likeness (QED) is 0.346. The number of unbranched alkanes of at least 4 members (excludes halogenated alkanes) is 1. The van der Waals surface area contributed by atoms with Crippen LogP contribution in [-0.2, 0) is 4.74 Å². The second kappa shape index (κ2) is 5.82. The van der Waals surface area contributed by atoms with E-state index in [0.29, 0.717) is 12.8 Å². The molecule has 0 unspecified atom stereocenters. The fourth-order valence-corrected chi connectivity index (χ4v) is 0.444. The molecule has 0 aromatic rings. The van der Waals surface area contributed by atoms with Gasteiger partial charge in [-0.05, 0) is 12.8 Å². The predicted octanol–water partition coefficient (Wildman–Crippen LogP) is 3.00. The van der Waals surface area contributed by atoms with Gasteiger partial charge in [-0.1, -0.05) is 6.08 Å². The Hall–Kier alpha value is -0.930. The average molecular weight is 166 g/mol. The smallest absolute Gasteiger partial charge is 0.342 e. The topological polar surface area (TPSA) is 9.23 Å². The van der Waals surface area contributed by atoms with Gasteiger partial charge in [-0.3, -0.25) is 0 Å². The van der Waals surface area contributed by atoms with Gasteiger partial charge in [0, 0.05) is 0 Å². The Morgan fingerprint density at radius 2 is 2.00 bits per heavy atom. The third-order valence-electron chi connectivity index (χ3n) is 0.930. The summed E-state index contributed by atoms with van der Waals surface area (Å²) >= 11 is 0. The van der Waals surface area contributed by atoms with E-state index in [-0.39, 0.29) is 6.61 Å². The van der Waals surface area contributed by atoms with Crippen LogP contribution in [-0.4, -0.2) is 6.61 Å². The fraction of sp³-hybridized carbons (Fsp3) is 0.429. The maximum atomic E-state index is 11.8. The molecule has 0 amide bonds. The lowest BCUT2D eigenvalue weighted by Gasteiger charge is -1.99. The molecule has 0 radical (unpaired) electrons. The van der Waals surface area contributed by atoms with Crippen LogP contribution in [0.1, 0.15) is 12.8 Å². The van der Waals surface area contributed by atoms with Gasteiger partial charge in [0.15, 0.2) is 0 Å². The van der Waals surface area contributed by atoms with E-state index in [1.165, 1.54) is 0 Å². The molecule has 0 heterocycles. The maximum absolute atomic E-state index is 11.8. The molecule has 0 saturated carbocycles. The van der Waals surface area contributed by atoms with Crippen molar-refractivity contribution >= 4 is 0 Å². The molecule has 0 aliphatic carbocycles. The zero-order chi connectivity index (χ0) is 8.69. The van der Waals surface area contributed by atoms with Crippen LogP contribution in [0.4, 0.5) is 13.2 Å². The summed E-state index contributed by atoms with van der Waals surface area (Å²) in [4.78, 5) is 0. The van der Waals surface area contributed by atoms with Gasteiger partial charge in [0.1, 0.15) is 0 Å². The first kappa shape index (κ1) is 10.1. The third-order valence-corrected chi connectivity index (χ3v) is 0.930. The van der Waals surface area contributed by atoms with Crippen molar-refractivity contribution in [2.45, 2.75) is 12.8 Å². The van der Waals surface area contributed by atoms with Crippen LogP contribution in [0.2, 0.25) is 0 Å². The van der Waals surface area contributed by atoms with E-state index in [1.54, 1.807) is 6.08 Å². The number of hydrogen-bond donors (Lipinski definition) is 0. The third kappa shape index (κ3) is 5.51. The molecule has 0 saturated heterocycles. The van der Waals surface area contributed by atoms with E-state index < -0.39 is 12.1 Å². The molecule has 0 atom stereocenters. The van der Waals surface area contributed by atoms with Gasteiger partial charge in [0.2, 0.25) is 0 Å².